The second-order valence-electron chi connectivity index (χ2n) is 4.10. The quantitative estimate of drug-likeness (QED) is 0.865. The smallest absolute Gasteiger partial charge is 0.478 e. The molecule has 6 heteroatoms. The lowest BCUT2D eigenvalue weighted by atomic mass is 10.0. The van der Waals surface area contributed by atoms with Crippen molar-refractivity contribution in [2.45, 2.75) is 25.1 Å². The van der Waals surface area contributed by atoms with Crippen LogP contribution in [0.15, 0.2) is 12.1 Å². The number of rotatable bonds is 2. The predicted molar refractivity (Wildman–Crippen MR) is 51.6 cm³/mol. The third-order valence-electron chi connectivity index (χ3n) is 2.83. The number of halogens is 2. The van der Waals surface area contributed by atoms with Crippen molar-refractivity contribution in [3.05, 3.63) is 23.3 Å². The first-order chi connectivity index (χ1) is 7.98. The molecule has 0 spiro atoms. The number of carboxylic acids is 1. The summed E-state index contributed by atoms with van der Waals surface area (Å²) in [6.45, 7) is 0. The van der Waals surface area contributed by atoms with Crippen molar-refractivity contribution in [1.29, 1.82) is 0 Å². The Bertz CT molecular complexity index is 508. The molecule has 0 aromatic heterocycles. The fourth-order valence-electron chi connectivity index (χ4n) is 2.00. The number of hydrogen-bond acceptors (Lipinski definition) is 3. The molecule has 0 bridgehead atoms. The van der Waals surface area contributed by atoms with E-state index in [1.54, 1.807) is 0 Å². The average Bonchev–Trinajstić information content (AvgIpc) is 2.98. The van der Waals surface area contributed by atoms with Gasteiger partial charge in [0.1, 0.15) is 0 Å². The summed E-state index contributed by atoms with van der Waals surface area (Å²) >= 11 is 0. The summed E-state index contributed by atoms with van der Waals surface area (Å²) in [5, 5.41) is 9.02. The van der Waals surface area contributed by atoms with Crippen LogP contribution in [0.5, 0.6) is 11.5 Å². The summed E-state index contributed by atoms with van der Waals surface area (Å²) in [4.78, 5) is 11.0. The van der Waals surface area contributed by atoms with E-state index in [1.807, 2.05) is 0 Å². The molecule has 0 amide bonds. The monoisotopic (exact) mass is 242 g/mol. The minimum absolute atomic E-state index is 0.00699. The maximum atomic E-state index is 12.9. The van der Waals surface area contributed by atoms with Crippen LogP contribution in [0, 0.1) is 0 Å². The Hall–Kier alpha value is -1.85. The van der Waals surface area contributed by atoms with E-state index in [9.17, 15) is 13.6 Å². The number of benzene rings is 1. The van der Waals surface area contributed by atoms with Crippen LogP contribution < -0.4 is 9.47 Å². The zero-order valence-electron chi connectivity index (χ0n) is 8.57. The van der Waals surface area contributed by atoms with E-state index in [0.29, 0.717) is 5.56 Å². The van der Waals surface area contributed by atoms with Gasteiger partial charge < -0.3 is 14.6 Å². The fourth-order valence-corrected chi connectivity index (χ4v) is 2.00. The lowest BCUT2D eigenvalue weighted by Gasteiger charge is -2.08. The van der Waals surface area contributed by atoms with Crippen molar-refractivity contribution in [3.63, 3.8) is 0 Å². The molecular weight excluding hydrogens is 234 g/mol. The second kappa shape index (κ2) is 3.09. The molecule has 0 atom stereocenters. The van der Waals surface area contributed by atoms with E-state index in [4.69, 9.17) is 5.11 Å². The summed E-state index contributed by atoms with van der Waals surface area (Å²) in [6, 6.07) is 2.48. The van der Waals surface area contributed by atoms with Gasteiger partial charge >= 0.3 is 12.3 Å². The van der Waals surface area contributed by atoms with E-state index in [-0.39, 0.29) is 23.0 Å². The van der Waals surface area contributed by atoms with E-state index >= 15 is 0 Å². The molecule has 1 aromatic rings. The van der Waals surface area contributed by atoms with Crippen molar-refractivity contribution in [2.75, 3.05) is 0 Å². The summed E-state index contributed by atoms with van der Waals surface area (Å²) in [5.41, 5.74) is 0.333. The van der Waals surface area contributed by atoms with Crippen molar-refractivity contribution in [3.8, 4) is 11.5 Å². The van der Waals surface area contributed by atoms with E-state index < -0.39 is 12.3 Å². The maximum Gasteiger partial charge on any atom is 0.586 e. The van der Waals surface area contributed by atoms with Crippen LogP contribution in [0.1, 0.15) is 34.7 Å². The zero-order valence-corrected chi connectivity index (χ0v) is 8.57. The van der Waals surface area contributed by atoms with Gasteiger partial charge in [-0.15, -0.1) is 8.78 Å². The molecular formula is C11H8F2O4. The van der Waals surface area contributed by atoms with Gasteiger partial charge in [0, 0.05) is 5.56 Å². The van der Waals surface area contributed by atoms with Crippen molar-refractivity contribution in [2.24, 2.45) is 0 Å². The van der Waals surface area contributed by atoms with Crippen LogP contribution >= 0.6 is 0 Å². The fraction of sp³-hybridized carbons (Fsp3) is 0.364. The molecule has 1 aliphatic heterocycles. The Kier molecular flexibility index (Phi) is 1.87. The lowest BCUT2D eigenvalue weighted by molar-refractivity contribution is -0.286. The molecule has 1 heterocycles. The Morgan fingerprint density at radius 1 is 1.35 bits per heavy atom. The molecule has 1 N–H and O–H groups in total. The number of hydrogen-bond donors (Lipinski definition) is 1. The average molecular weight is 242 g/mol. The van der Waals surface area contributed by atoms with Crippen LogP contribution in [0.25, 0.3) is 0 Å². The summed E-state index contributed by atoms with van der Waals surface area (Å²) in [5.74, 6) is -1.39. The molecule has 1 aromatic carbocycles. The van der Waals surface area contributed by atoms with Crippen molar-refractivity contribution >= 4 is 5.97 Å². The maximum absolute atomic E-state index is 12.9. The highest BCUT2D eigenvalue weighted by molar-refractivity contribution is 5.91. The first-order valence-corrected chi connectivity index (χ1v) is 5.14. The zero-order chi connectivity index (χ0) is 12.2. The molecule has 17 heavy (non-hydrogen) atoms. The number of alkyl halides is 2. The normalized spacial score (nSPS) is 20.4. The number of carboxylic acid groups (broad SMARTS) is 1. The third-order valence-corrected chi connectivity index (χ3v) is 2.83. The number of ether oxygens (including phenoxy) is 2. The molecule has 3 rings (SSSR count). The second-order valence-corrected chi connectivity index (χ2v) is 4.10. The molecule has 0 saturated heterocycles. The molecule has 1 saturated carbocycles. The van der Waals surface area contributed by atoms with Gasteiger partial charge in [0.2, 0.25) is 0 Å². The van der Waals surface area contributed by atoms with E-state index in [1.165, 1.54) is 12.1 Å². The molecule has 1 fully saturated rings. The van der Waals surface area contributed by atoms with Crippen LogP contribution in [-0.4, -0.2) is 17.4 Å². The van der Waals surface area contributed by atoms with Gasteiger partial charge in [0.15, 0.2) is 11.5 Å². The van der Waals surface area contributed by atoms with Gasteiger partial charge in [-0.3, -0.25) is 0 Å². The van der Waals surface area contributed by atoms with Crippen LogP contribution in [0.4, 0.5) is 8.78 Å². The lowest BCUT2D eigenvalue weighted by Crippen LogP contribution is -2.26. The molecule has 90 valence electrons. The van der Waals surface area contributed by atoms with E-state index in [2.05, 4.69) is 9.47 Å². The highest BCUT2D eigenvalue weighted by Crippen LogP contribution is 2.53. The topological polar surface area (TPSA) is 55.8 Å². The largest absolute Gasteiger partial charge is 0.586 e. The highest BCUT2D eigenvalue weighted by atomic mass is 19.3. The van der Waals surface area contributed by atoms with Crippen LogP contribution in [-0.2, 0) is 0 Å². The van der Waals surface area contributed by atoms with Gasteiger partial charge in [-0.05, 0) is 30.9 Å². The molecule has 4 nitrogen and oxygen atoms in total. The third kappa shape index (κ3) is 1.60. The molecule has 0 unspecified atom stereocenters. The van der Waals surface area contributed by atoms with Gasteiger partial charge in [0.25, 0.3) is 0 Å². The SMILES string of the molecule is O=C(O)c1ccc2c(c1C1CC1)OC(F)(F)O2. The van der Waals surface area contributed by atoms with Crippen LogP contribution in [0.3, 0.4) is 0 Å². The Morgan fingerprint density at radius 3 is 2.65 bits per heavy atom. The first-order valence-electron chi connectivity index (χ1n) is 5.14. The molecule has 2 aliphatic rings. The summed E-state index contributed by atoms with van der Waals surface area (Å²) in [6.07, 6.45) is -2.14. The molecule has 1 aliphatic carbocycles. The molecule has 0 radical (unpaired) electrons. The minimum Gasteiger partial charge on any atom is -0.478 e. The standard InChI is InChI=1S/C11H8F2O4/c12-11(13)16-7-4-3-6(10(14)15)8(5-1-2-5)9(7)17-11/h3-5H,1-2H2,(H,14,15). The Labute approximate surface area is 94.8 Å². The van der Waals surface area contributed by atoms with Crippen LogP contribution in [0.2, 0.25) is 0 Å². The number of fused-ring (bicyclic) bond motifs is 1. The van der Waals surface area contributed by atoms with Gasteiger partial charge in [0.05, 0.1) is 5.56 Å². The van der Waals surface area contributed by atoms with Gasteiger partial charge in [-0.1, -0.05) is 0 Å². The van der Waals surface area contributed by atoms with E-state index in [0.717, 1.165) is 12.8 Å². The summed E-state index contributed by atoms with van der Waals surface area (Å²) in [7, 11) is 0. The van der Waals surface area contributed by atoms with Crippen molar-refractivity contribution in [1.82, 2.24) is 0 Å². The van der Waals surface area contributed by atoms with Gasteiger partial charge in [-0.2, -0.15) is 0 Å². The van der Waals surface area contributed by atoms with Crippen molar-refractivity contribution < 1.29 is 28.2 Å². The minimum atomic E-state index is -3.71. The predicted octanol–water partition coefficient (Wildman–Crippen LogP) is 2.58. The first kappa shape index (κ1) is 10.3. The number of aromatic carboxylic acids is 1. The number of carbonyl (C=O) groups is 1. The summed E-state index contributed by atoms with van der Waals surface area (Å²) < 4.78 is 34.6. The van der Waals surface area contributed by atoms with Gasteiger partial charge in [-0.25, -0.2) is 4.79 Å². The Morgan fingerprint density at radius 2 is 2.06 bits per heavy atom. The highest BCUT2D eigenvalue weighted by Gasteiger charge is 2.47. The Balaban J connectivity index is 2.16.